The van der Waals surface area contributed by atoms with E-state index in [0.717, 1.165) is 0 Å². The zero-order chi connectivity index (χ0) is 20.2. The summed E-state index contributed by atoms with van der Waals surface area (Å²) in [5.74, 6) is -1.15. The second-order valence-electron chi connectivity index (χ2n) is 3.16. The first-order valence-electron chi connectivity index (χ1n) is 5.24. The third-order valence-electron chi connectivity index (χ3n) is 1.03. The average Bonchev–Trinajstić information content (AvgIpc) is 2.23. The number of carboxylic acid groups (broad SMARTS) is 1. The van der Waals surface area contributed by atoms with Gasteiger partial charge in [0.15, 0.2) is 0 Å². The van der Waals surface area contributed by atoms with Gasteiger partial charge in [-0.3, -0.25) is 0 Å². The van der Waals surface area contributed by atoms with Gasteiger partial charge >= 0.3 is 227 Å². The molecule has 0 spiro atoms. The number of hydrogen-bond acceptors (Lipinski definition) is 3. The van der Waals surface area contributed by atoms with E-state index >= 15 is 0 Å². The van der Waals surface area contributed by atoms with Crippen LogP contribution in [0.15, 0.2) is 23.9 Å². The van der Waals surface area contributed by atoms with E-state index in [1.165, 1.54) is 6.08 Å². The van der Waals surface area contributed by atoms with Gasteiger partial charge in [0, 0.05) is 6.54 Å². The summed E-state index contributed by atoms with van der Waals surface area (Å²) in [6.45, 7) is 0.569. The van der Waals surface area contributed by atoms with Crippen molar-refractivity contribution in [3.05, 3.63) is 23.9 Å². The van der Waals surface area contributed by atoms with E-state index in [-0.39, 0.29) is 211 Å². The number of rotatable bonds is 1. The van der Waals surface area contributed by atoms with Crippen molar-refractivity contribution < 1.29 is 267 Å². The van der Waals surface area contributed by atoms with Crippen LogP contribution in [0.1, 0.15) is 0 Å². The Morgan fingerprint density at radius 2 is 1.00 bits per heavy atom. The number of dihydropyridines is 1. The molecule has 1 rings (SSSR count). The second-order valence-corrected chi connectivity index (χ2v) is 3.16. The van der Waals surface area contributed by atoms with E-state index in [0.29, 0.717) is 6.54 Å². The predicted octanol–water partition coefficient (Wildman–Crippen LogP) is -9.30. The zero-order valence-electron chi connectivity index (χ0n) is 15.0. The molecule has 0 aromatic carbocycles. The van der Waals surface area contributed by atoms with Crippen LogP contribution >= 0.6 is 0 Å². The second kappa shape index (κ2) is 26.3. The molecular formula is C6H6B3F12K4NO2. The van der Waals surface area contributed by atoms with Gasteiger partial charge in [-0.15, -0.1) is 0 Å². The van der Waals surface area contributed by atoms with Gasteiger partial charge in [-0.25, -0.2) is 0 Å². The van der Waals surface area contributed by atoms with Crippen LogP contribution in [0.2, 0.25) is 0 Å². The van der Waals surface area contributed by atoms with Gasteiger partial charge in [-0.05, 0) is 6.08 Å². The molecule has 144 valence electrons. The first-order chi connectivity index (χ1) is 10.3. The maximum absolute atomic E-state index is 10.1. The van der Waals surface area contributed by atoms with Gasteiger partial charge in [0.1, 0.15) is 0 Å². The van der Waals surface area contributed by atoms with Crippen molar-refractivity contribution in [3.63, 3.8) is 0 Å². The molecule has 0 aromatic heterocycles. The van der Waals surface area contributed by atoms with Gasteiger partial charge in [0.2, 0.25) is 0 Å². The molecule has 22 heteroatoms. The minimum absolute atomic E-state index is 0. The fraction of sp³-hybridized carbons (Fsp3) is 0.167. The maximum Gasteiger partial charge on any atom is 1.00 e. The number of aliphatic carboxylic acids is 1. The Kier molecular flexibility index (Phi) is 46.6. The molecule has 0 atom stereocenters. The smallest absolute Gasteiger partial charge is 0.543 e. The van der Waals surface area contributed by atoms with Crippen molar-refractivity contribution >= 4 is 27.7 Å². The molecule has 0 fully saturated rings. The van der Waals surface area contributed by atoms with Crippen molar-refractivity contribution in [1.82, 2.24) is 5.32 Å². The van der Waals surface area contributed by atoms with Crippen LogP contribution in [0, 0.1) is 0 Å². The molecule has 0 radical (unpaired) electrons. The van der Waals surface area contributed by atoms with Crippen molar-refractivity contribution in [2.75, 3.05) is 6.54 Å². The van der Waals surface area contributed by atoms with Gasteiger partial charge in [0.25, 0.3) is 0 Å². The molecule has 1 heterocycles. The molecule has 0 aromatic rings. The third kappa shape index (κ3) is 97.2. The molecule has 0 amide bonds. The standard InChI is InChI=1S/C6H7NO2.3BF4.4K/c8-6(9)5-3-1-2-4-7-5;3*2-1(3,4)5;;;;/h1-3,7H,4H2,(H,8,9);;;;;;;/q;3*-1;4*+1/p-1. The number of nitrogens with one attached hydrogen (secondary N) is 1. The van der Waals surface area contributed by atoms with Crippen LogP contribution in [0.25, 0.3) is 0 Å². The van der Waals surface area contributed by atoms with Gasteiger partial charge < -0.3 is 67.0 Å². The van der Waals surface area contributed by atoms with Crippen molar-refractivity contribution in [2.45, 2.75) is 0 Å². The summed E-state index contributed by atoms with van der Waals surface area (Å²) >= 11 is 0. The molecule has 1 aliphatic heterocycles. The number of carbonyl (C=O) groups is 1. The fourth-order valence-electron chi connectivity index (χ4n) is 0.600. The van der Waals surface area contributed by atoms with Gasteiger partial charge in [-0.2, -0.15) is 0 Å². The third-order valence-corrected chi connectivity index (χ3v) is 1.03. The Hall–Kier alpha value is 4.65. The number of carboxylic acids is 1. The first-order valence-corrected chi connectivity index (χ1v) is 5.24. The number of hydrogen-bond donors (Lipinski definition) is 1. The SMILES string of the molecule is F[B-](F)(F)F.F[B-](F)(F)F.F[B-](F)(F)F.O=C([O-])C1=CC=CCN1.[K+].[K+].[K+].[K+]. The molecule has 0 unspecified atom stereocenters. The molecule has 3 nitrogen and oxygen atoms in total. The largest absolute Gasteiger partial charge is 1.00 e. The molecule has 0 saturated heterocycles. The molecule has 0 bridgehead atoms. The van der Waals surface area contributed by atoms with E-state index in [2.05, 4.69) is 5.32 Å². The van der Waals surface area contributed by atoms with Crippen LogP contribution in [0.3, 0.4) is 0 Å². The van der Waals surface area contributed by atoms with Crippen molar-refractivity contribution in [3.8, 4) is 0 Å². The summed E-state index contributed by atoms with van der Waals surface area (Å²) in [6, 6.07) is 0. The molecule has 0 saturated carbocycles. The summed E-state index contributed by atoms with van der Waals surface area (Å²) in [6.07, 6.45) is 4.98. The predicted molar refractivity (Wildman–Crippen MR) is 60.8 cm³/mol. The number of carbonyl (C=O) groups excluding carboxylic acids is 1. The van der Waals surface area contributed by atoms with Crippen LogP contribution in [0.5, 0.6) is 0 Å². The van der Waals surface area contributed by atoms with Crippen LogP contribution in [-0.2, 0) is 4.79 Å². The summed E-state index contributed by atoms with van der Waals surface area (Å²) in [4.78, 5) is 10.1. The minimum atomic E-state index is -6.00. The molecule has 1 aliphatic rings. The van der Waals surface area contributed by atoms with Gasteiger partial charge in [0.05, 0.1) is 11.7 Å². The number of halogens is 12. The molecule has 28 heavy (non-hydrogen) atoms. The van der Waals surface area contributed by atoms with Crippen LogP contribution < -0.4 is 216 Å². The van der Waals surface area contributed by atoms with Crippen LogP contribution in [0.4, 0.5) is 51.8 Å². The summed E-state index contributed by atoms with van der Waals surface area (Å²) in [5, 5.41) is 12.7. The van der Waals surface area contributed by atoms with E-state index in [4.69, 9.17) is 0 Å². The molecule has 0 aliphatic carbocycles. The van der Waals surface area contributed by atoms with E-state index in [1.807, 2.05) is 6.08 Å². The Labute approximate surface area is 322 Å². The average molecular weight is 541 g/mol. The Bertz CT molecular complexity index is 385. The first kappa shape index (κ1) is 49.7. The summed E-state index contributed by atoms with van der Waals surface area (Å²) < 4.78 is 117. The number of allylic oxidation sites excluding steroid dienone is 2. The van der Waals surface area contributed by atoms with Crippen molar-refractivity contribution in [1.29, 1.82) is 0 Å². The maximum atomic E-state index is 10.1. The van der Waals surface area contributed by atoms with E-state index in [9.17, 15) is 61.7 Å². The molecule has 1 N–H and O–H groups in total. The fourth-order valence-corrected chi connectivity index (χ4v) is 0.600. The van der Waals surface area contributed by atoms with E-state index < -0.39 is 27.7 Å². The Morgan fingerprint density at radius 1 is 0.750 bits per heavy atom. The van der Waals surface area contributed by atoms with Crippen LogP contribution in [-0.4, -0.2) is 34.3 Å². The minimum Gasteiger partial charge on any atom is -0.543 e. The summed E-state index contributed by atoms with van der Waals surface area (Å²) in [5.41, 5.74) is 0.150. The van der Waals surface area contributed by atoms with E-state index in [1.54, 1.807) is 6.08 Å². The normalized spacial score (nSPS) is 11.6. The molecular weight excluding hydrogens is 535 g/mol. The topological polar surface area (TPSA) is 52.2 Å². The monoisotopic (exact) mass is 541 g/mol. The Morgan fingerprint density at radius 3 is 1.11 bits per heavy atom. The zero-order valence-corrected chi connectivity index (χ0v) is 27.5. The van der Waals surface area contributed by atoms with Gasteiger partial charge in [-0.1, -0.05) is 12.2 Å². The summed E-state index contributed by atoms with van der Waals surface area (Å²) in [7, 11) is -18.0. The Balaban J connectivity index is -0.0000000418. The van der Waals surface area contributed by atoms with Crippen molar-refractivity contribution in [2.24, 2.45) is 0 Å². The quantitative estimate of drug-likeness (QED) is 0.266.